The van der Waals surface area contributed by atoms with Crippen LogP contribution in [-0.2, 0) is 11.8 Å². The smallest absolute Gasteiger partial charge is 0.252 e. The van der Waals surface area contributed by atoms with E-state index in [2.05, 4.69) is 15.4 Å². The number of aryl methyl sites for hydroxylation is 1. The second kappa shape index (κ2) is 6.64. The predicted molar refractivity (Wildman–Crippen MR) is 95.3 cm³/mol. The van der Waals surface area contributed by atoms with E-state index in [9.17, 15) is 4.79 Å². The van der Waals surface area contributed by atoms with E-state index >= 15 is 0 Å². The molecule has 6 heteroatoms. The number of nitrogens with one attached hydrogen (secondary N) is 1. The molecule has 4 rings (SSSR count). The van der Waals surface area contributed by atoms with Gasteiger partial charge in [0, 0.05) is 37.3 Å². The summed E-state index contributed by atoms with van der Waals surface area (Å²) in [6.07, 6.45) is 5.83. The molecule has 1 N–H and O–H groups in total. The number of fused-ring (bicyclic) bond motifs is 1. The lowest BCUT2D eigenvalue weighted by Crippen LogP contribution is -2.31. The maximum atomic E-state index is 12.8. The monoisotopic (exact) mass is 336 g/mol. The van der Waals surface area contributed by atoms with Gasteiger partial charge in [0.15, 0.2) is 0 Å². The van der Waals surface area contributed by atoms with Crippen LogP contribution in [0.25, 0.3) is 22.2 Å². The van der Waals surface area contributed by atoms with Crippen LogP contribution < -0.4 is 5.32 Å². The lowest BCUT2D eigenvalue weighted by atomic mass is 10.0. The van der Waals surface area contributed by atoms with Crippen molar-refractivity contribution in [3.05, 3.63) is 48.3 Å². The molecule has 1 saturated heterocycles. The van der Waals surface area contributed by atoms with Crippen LogP contribution in [0, 0.1) is 0 Å². The number of hydrogen-bond acceptors (Lipinski definition) is 4. The molecule has 0 spiro atoms. The van der Waals surface area contributed by atoms with Gasteiger partial charge in [0.1, 0.15) is 0 Å². The minimum Gasteiger partial charge on any atom is -0.376 e. The molecule has 128 valence electrons. The summed E-state index contributed by atoms with van der Waals surface area (Å²) in [5.41, 5.74) is 3.06. The number of benzene rings is 1. The lowest BCUT2D eigenvalue weighted by molar-refractivity contribution is 0.0859. The van der Waals surface area contributed by atoms with Gasteiger partial charge in [0.2, 0.25) is 0 Å². The molecule has 0 bridgehead atoms. The molecule has 0 saturated carbocycles. The third-order valence-corrected chi connectivity index (χ3v) is 4.48. The molecular weight excluding hydrogens is 316 g/mol. The Hall–Kier alpha value is -2.73. The first-order chi connectivity index (χ1) is 12.2. The molecular formula is C19H20N4O2. The first kappa shape index (κ1) is 15.8. The van der Waals surface area contributed by atoms with Gasteiger partial charge in [-0.25, -0.2) is 4.98 Å². The van der Waals surface area contributed by atoms with Gasteiger partial charge in [-0.3, -0.25) is 9.48 Å². The number of para-hydroxylation sites is 1. The summed E-state index contributed by atoms with van der Waals surface area (Å²) in [6.45, 7) is 1.32. The predicted octanol–water partition coefficient (Wildman–Crippen LogP) is 2.54. The summed E-state index contributed by atoms with van der Waals surface area (Å²) < 4.78 is 7.31. The molecule has 6 nitrogen and oxygen atoms in total. The summed E-state index contributed by atoms with van der Waals surface area (Å²) in [6, 6.07) is 9.54. The summed E-state index contributed by atoms with van der Waals surface area (Å²) >= 11 is 0. The van der Waals surface area contributed by atoms with Gasteiger partial charge in [-0.2, -0.15) is 5.10 Å². The van der Waals surface area contributed by atoms with Crippen molar-refractivity contribution in [2.45, 2.75) is 18.9 Å². The van der Waals surface area contributed by atoms with E-state index in [1.807, 2.05) is 43.6 Å². The van der Waals surface area contributed by atoms with Gasteiger partial charge < -0.3 is 10.1 Å². The lowest BCUT2D eigenvalue weighted by Gasteiger charge is -2.13. The van der Waals surface area contributed by atoms with Crippen molar-refractivity contribution in [3.8, 4) is 11.3 Å². The molecule has 3 aromatic rings. The van der Waals surface area contributed by atoms with Crippen molar-refractivity contribution in [2.75, 3.05) is 13.2 Å². The van der Waals surface area contributed by atoms with Gasteiger partial charge in [-0.1, -0.05) is 18.2 Å². The van der Waals surface area contributed by atoms with E-state index in [1.54, 1.807) is 10.9 Å². The minimum absolute atomic E-state index is 0.0979. The highest BCUT2D eigenvalue weighted by atomic mass is 16.5. The highest BCUT2D eigenvalue weighted by molar-refractivity contribution is 6.07. The topological polar surface area (TPSA) is 69.0 Å². The Balaban J connectivity index is 1.69. The van der Waals surface area contributed by atoms with Crippen molar-refractivity contribution in [1.29, 1.82) is 0 Å². The molecule has 1 unspecified atom stereocenters. The van der Waals surface area contributed by atoms with E-state index in [0.717, 1.165) is 41.6 Å². The zero-order valence-electron chi connectivity index (χ0n) is 14.1. The maximum absolute atomic E-state index is 12.8. The Kier molecular flexibility index (Phi) is 4.19. The maximum Gasteiger partial charge on any atom is 0.252 e. The fourth-order valence-electron chi connectivity index (χ4n) is 3.17. The number of rotatable bonds is 4. The van der Waals surface area contributed by atoms with Crippen LogP contribution in [-0.4, -0.2) is 39.9 Å². The van der Waals surface area contributed by atoms with E-state index in [-0.39, 0.29) is 12.0 Å². The molecule has 3 heterocycles. The summed E-state index contributed by atoms with van der Waals surface area (Å²) in [5.74, 6) is -0.0979. The van der Waals surface area contributed by atoms with Crippen molar-refractivity contribution in [3.63, 3.8) is 0 Å². The van der Waals surface area contributed by atoms with Crippen LogP contribution in [0.15, 0.2) is 42.7 Å². The Morgan fingerprint density at radius 1 is 1.40 bits per heavy atom. The van der Waals surface area contributed by atoms with E-state index in [1.165, 1.54) is 0 Å². The standard InChI is InChI=1S/C19H20N4O2/c1-23-12-13(10-21-23)18-9-16(15-6-2-3-7-17(15)22-18)19(24)20-11-14-5-4-8-25-14/h2-3,6-7,9-10,12,14H,4-5,8,11H2,1H3,(H,20,24). The number of ether oxygens (including phenoxy) is 1. The van der Waals surface area contributed by atoms with Crippen LogP contribution in [0.3, 0.4) is 0 Å². The second-order valence-electron chi connectivity index (χ2n) is 6.32. The van der Waals surface area contributed by atoms with E-state index in [0.29, 0.717) is 12.1 Å². The fourth-order valence-corrected chi connectivity index (χ4v) is 3.17. The Morgan fingerprint density at radius 2 is 2.28 bits per heavy atom. The summed E-state index contributed by atoms with van der Waals surface area (Å²) in [5, 5.41) is 8.05. The third-order valence-electron chi connectivity index (χ3n) is 4.48. The first-order valence-corrected chi connectivity index (χ1v) is 8.49. The fraction of sp³-hybridized carbons (Fsp3) is 0.316. The van der Waals surface area contributed by atoms with Crippen molar-refractivity contribution >= 4 is 16.8 Å². The number of hydrogen-bond donors (Lipinski definition) is 1. The normalized spacial score (nSPS) is 17.1. The van der Waals surface area contributed by atoms with Gasteiger partial charge in [-0.15, -0.1) is 0 Å². The number of aromatic nitrogens is 3. The summed E-state index contributed by atoms with van der Waals surface area (Å²) in [4.78, 5) is 17.5. The van der Waals surface area contributed by atoms with Gasteiger partial charge >= 0.3 is 0 Å². The molecule has 0 radical (unpaired) electrons. The first-order valence-electron chi connectivity index (χ1n) is 8.49. The van der Waals surface area contributed by atoms with Crippen LogP contribution in [0.5, 0.6) is 0 Å². The zero-order chi connectivity index (χ0) is 17.2. The molecule has 1 aliphatic rings. The summed E-state index contributed by atoms with van der Waals surface area (Å²) in [7, 11) is 1.86. The quantitative estimate of drug-likeness (QED) is 0.795. The van der Waals surface area contributed by atoms with Crippen molar-refractivity contribution in [1.82, 2.24) is 20.1 Å². The Morgan fingerprint density at radius 3 is 3.04 bits per heavy atom. The molecule has 1 aromatic carbocycles. The highest BCUT2D eigenvalue weighted by Crippen LogP contribution is 2.24. The molecule has 1 fully saturated rings. The van der Waals surface area contributed by atoms with E-state index in [4.69, 9.17) is 4.74 Å². The van der Waals surface area contributed by atoms with Gasteiger partial charge in [0.25, 0.3) is 5.91 Å². The number of carbonyl (C=O) groups excluding carboxylic acids is 1. The van der Waals surface area contributed by atoms with Crippen LogP contribution in [0.2, 0.25) is 0 Å². The van der Waals surface area contributed by atoms with Crippen molar-refractivity contribution < 1.29 is 9.53 Å². The Bertz CT molecular complexity index is 913. The van der Waals surface area contributed by atoms with E-state index < -0.39 is 0 Å². The molecule has 1 amide bonds. The SMILES string of the molecule is Cn1cc(-c2cc(C(=O)NCC3CCCO3)c3ccccc3n2)cn1. The van der Waals surface area contributed by atoms with Gasteiger partial charge in [-0.05, 0) is 25.0 Å². The second-order valence-corrected chi connectivity index (χ2v) is 6.32. The molecule has 1 aliphatic heterocycles. The highest BCUT2D eigenvalue weighted by Gasteiger charge is 2.19. The molecule has 25 heavy (non-hydrogen) atoms. The van der Waals surface area contributed by atoms with Crippen LogP contribution in [0.4, 0.5) is 0 Å². The average Bonchev–Trinajstić information content (AvgIpc) is 3.30. The average molecular weight is 336 g/mol. The minimum atomic E-state index is -0.0979. The number of nitrogens with zero attached hydrogens (tertiary/aromatic N) is 3. The largest absolute Gasteiger partial charge is 0.376 e. The molecule has 2 aromatic heterocycles. The van der Waals surface area contributed by atoms with Gasteiger partial charge in [0.05, 0.1) is 29.1 Å². The molecule has 1 atom stereocenters. The van der Waals surface area contributed by atoms with Crippen LogP contribution >= 0.6 is 0 Å². The zero-order valence-corrected chi connectivity index (χ0v) is 14.1. The third kappa shape index (κ3) is 3.25. The van der Waals surface area contributed by atoms with Crippen molar-refractivity contribution in [2.24, 2.45) is 7.05 Å². The number of amides is 1. The number of carbonyl (C=O) groups is 1. The Labute approximate surface area is 145 Å². The van der Waals surface area contributed by atoms with Crippen LogP contribution in [0.1, 0.15) is 23.2 Å². The number of pyridine rings is 1. The molecule has 0 aliphatic carbocycles.